The van der Waals surface area contributed by atoms with E-state index >= 15 is 0 Å². The van der Waals surface area contributed by atoms with Crippen molar-refractivity contribution in [3.05, 3.63) is 42.5 Å². The molecule has 0 spiro atoms. The Hall–Kier alpha value is -2.16. The summed E-state index contributed by atoms with van der Waals surface area (Å²) in [4.78, 5) is 14.7. The fourth-order valence-corrected chi connectivity index (χ4v) is 4.21. The number of carbonyl (C=O) groups excluding carboxylic acids is 1. The predicted octanol–water partition coefficient (Wildman–Crippen LogP) is 0.687. The molecule has 1 amide bonds. The normalized spacial score (nSPS) is 24.4. The zero-order chi connectivity index (χ0) is 18.9. The second-order valence-corrected chi connectivity index (χ2v) is 7.86. The van der Waals surface area contributed by atoms with Gasteiger partial charge in [0.2, 0.25) is 5.91 Å². The molecule has 2 aromatic rings. The van der Waals surface area contributed by atoms with E-state index in [1.165, 1.54) is 0 Å². The molecule has 2 aromatic heterocycles. The lowest BCUT2D eigenvalue weighted by Crippen LogP contribution is -2.49. The van der Waals surface area contributed by atoms with E-state index in [0.29, 0.717) is 24.8 Å². The van der Waals surface area contributed by atoms with Crippen molar-refractivity contribution >= 4 is 23.2 Å². The Bertz CT molecular complexity index is 792. The first kappa shape index (κ1) is 18.2. The number of rotatable bonds is 5. The largest absolute Gasteiger partial charge is 0.369 e. The summed E-state index contributed by atoms with van der Waals surface area (Å²) in [5.41, 5.74) is 6.94. The van der Waals surface area contributed by atoms with Crippen molar-refractivity contribution in [2.75, 3.05) is 31.2 Å². The monoisotopic (exact) mass is 389 g/mol. The molecule has 0 radical (unpaired) electrons. The maximum absolute atomic E-state index is 11.2. The summed E-state index contributed by atoms with van der Waals surface area (Å²) in [6, 6.07) is 6.19. The lowest BCUT2D eigenvalue weighted by Gasteiger charge is -2.37. The number of anilines is 1. The van der Waals surface area contributed by atoms with Crippen LogP contribution in [0.25, 0.3) is 0 Å². The molecule has 1 atom stereocenters. The number of nitrogens with two attached hydrogens (primary N) is 1. The van der Waals surface area contributed by atoms with E-state index in [4.69, 9.17) is 17.3 Å². The molecular formula is C18H24ClN7O. The Morgan fingerprint density at radius 2 is 2.15 bits per heavy atom. The Kier molecular flexibility index (Phi) is 5.03. The number of hydrogen-bond acceptors (Lipinski definition) is 6. The number of piperidine rings is 1. The van der Waals surface area contributed by atoms with E-state index in [0.717, 1.165) is 31.6 Å². The summed E-state index contributed by atoms with van der Waals surface area (Å²) in [5.74, 6) is -0.399. The summed E-state index contributed by atoms with van der Waals surface area (Å²) >= 11 is 7.07. The van der Waals surface area contributed by atoms with Crippen LogP contribution in [0.5, 0.6) is 0 Å². The fraction of sp³-hybridized carbons (Fsp3) is 0.500. The Morgan fingerprint density at radius 1 is 1.33 bits per heavy atom. The number of nitrogens with one attached hydrogen (secondary N) is 1. The third-order valence-corrected chi connectivity index (χ3v) is 5.60. The number of primary amides is 1. The highest BCUT2D eigenvalue weighted by molar-refractivity contribution is 6.22. The van der Waals surface area contributed by atoms with E-state index in [2.05, 4.69) is 25.4 Å². The minimum Gasteiger partial charge on any atom is -0.369 e. The van der Waals surface area contributed by atoms with Gasteiger partial charge in [0.1, 0.15) is 0 Å². The smallest absolute Gasteiger partial charge is 0.223 e. The Morgan fingerprint density at radius 3 is 2.85 bits per heavy atom. The van der Waals surface area contributed by atoms with Gasteiger partial charge < -0.3 is 16.1 Å². The molecule has 2 saturated heterocycles. The van der Waals surface area contributed by atoms with Crippen molar-refractivity contribution in [3.63, 3.8) is 0 Å². The highest BCUT2D eigenvalue weighted by atomic mass is 35.5. The van der Waals surface area contributed by atoms with Gasteiger partial charge in [-0.1, -0.05) is 11.6 Å². The first-order chi connectivity index (χ1) is 13.0. The van der Waals surface area contributed by atoms with Crippen LogP contribution >= 0.6 is 11.6 Å². The number of nitrogens with zero attached hydrogens (tertiary/aromatic N) is 5. The van der Waals surface area contributed by atoms with Gasteiger partial charge in [0, 0.05) is 18.4 Å². The number of alkyl halides is 1. The third-order valence-electron chi connectivity index (χ3n) is 5.19. The number of hydrogen-bond donors (Lipinski definition) is 2. The molecule has 4 rings (SSSR count). The summed E-state index contributed by atoms with van der Waals surface area (Å²) in [6.07, 6.45) is 7.71. The number of halogens is 1. The average Bonchev–Trinajstić information content (AvgIpc) is 3.28. The van der Waals surface area contributed by atoms with Gasteiger partial charge in [0.25, 0.3) is 0 Å². The van der Waals surface area contributed by atoms with Crippen LogP contribution in [0.15, 0.2) is 36.8 Å². The van der Waals surface area contributed by atoms with Crippen LogP contribution in [-0.2, 0) is 16.2 Å². The van der Waals surface area contributed by atoms with E-state index in [9.17, 15) is 4.79 Å². The molecule has 0 saturated carbocycles. The Balaban J connectivity index is 1.62. The number of carbonyl (C=O) groups is 1. The van der Waals surface area contributed by atoms with Gasteiger partial charge in [-0.05, 0) is 44.1 Å². The summed E-state index contributed by atoms with van der Waals surface area (Å²) in [6.45, 7) is 3.21. The van der Waals surface area contributed by atoms with Crippen LogP contribution in [0.3, 0.4) is 0 Å². The number of amides is 1. The van der Waals surface area contributed by atoms with Gasteiger partial charge in [-0.2, -0.15) is 5.10 Å². The first-order valence-electron chi connectivity index (χ1n) is 9.22. The lowest BCUT2D eigenvalue weighted by atomic mass is 10.1. The highest BCUT2D eigenvalue weighted by Crippen LogP contribution is 2.37. The molecule has 1 unspecified atom stereocenters. The zero-order valence-electron chi connectivity index (χ0n) is 15.1. The highest BCUT2D eigenvalue weighted by Gasteiger charge is 2.46. The number of pyridine rings is 1. The van der Waals surface area contributed by atoms with Crippen molar-refractivity contribution in [1.82, 2.24) is 25.1 Å². The topological polar surface area (TPSA) is 92.3 Å². The van der Waals surface area contributed by atoms with Gasteiger partial charge in [-0.25, -0.2) is 9.69 Å². The molecular weight excluding hydrogens is 366 g/mol. The van der Waals surface area contributed by atoms with Crippen molar-refractivity contribution in [2.45, 2.75) is 30.3 Å². The van der Waals surface area contributed by atoms with Crippen LogP contribution in [0.1, 0.15) is 18.5 Å². The molecule has 3 N–H and O–H groups in total. The molecule has 9 heteroatoms. The maximum atomic E-state index is 11.2. The van der Waals surface area contributed by atoms with Crippen LogP contribution in [-0.4, -0.2) is 57.9 Å². The second kappa shape index (κ2) is 7.46. The van der Waals surface area contributed by atoms with Gasteiger partial charge in [-0.3, -0.25) is 9.78 Å². The van der Waals surface area contributed by atoms with E-state index in [1.807, 2.05) is 24.5 Å². The van der Waals surface area contributed by atoms with Gasteiger partial charge >= 0.3 is 0 Å². The van der Waals surface area contributed by atoms with Crippen LogP contribution < -0.4 is 16.1 Å². The lowest BCUT2D eigenvalue weighted by molar-refractivity contribution is -0.117. The van der Waals surface area contributed by atoms with Crippen LogP contribution in [0, 0.1) is 0 Å². The number of aromatic nitrogens is 3. The van der Waals surface area contributed by atoms with Crippen LogP contribution in [0.4, 0.5) is 5.69 Å². The molecule has 144 valence electrons. The van der Waals surface area contributed by atoms with Crippen molar-refractivity contribution in [1.29, 1.82) is 0 Å². The first-order valence-corrected chi connectivity index (χ1v) is 9.60. The molecule has 2 fully saturated rings. The summed E-state index contributed by atoms with van der Waals surface area (Å²) in [7, 11) is 0. The fourth-order valence-electron chi connectivity index (χ4n) is 3.88. The second-order valence-electron chi connectivity index (χ2n) is 7.16. The van der Waals surface area contributed by atoms with E-state index < -0.39 is 10.9 Å². The quantitative estimate of drug-likeness (QED) is 0.731. The summed E-state index contributed by atoms with van der Waals surface area (Å²) < 4.78 is 1.76. The van der Waals surface area contributed by atoms with E-state index in [1.54, 1.807) is 16.9 Å². The van der Waals surface area contributed by atoms with Gasteiger partial charge in [0.15, 0.2) is 5.00 Å². The SMILES string of the molecule is NC(=O)Cc1ccn(C2(Cl)CN(c3cccnc3)N(C3CCNCC3)C2)n1. The van der Waals surface area contributed by atoms with Crippen LogP contribution in [0.2, 0.25) is 0 Å². The third kappa shape index (κ3) is 3.78. The Labute approximate surface area is 163 Å². The van der Waals surface area contributed by atoms with Crippen molar-refractivity contribution in [2.24, 2.45) is 5.73 Å². The summed E-state index contributed by atoms with van der Waals surface area (Å²) in [5, 5.41) is 12.5. The predicted molar refractivity (Wildman–Crippen MR) is 103 cm³/mol. The van der Waals surface area contributed by atoms with Gasteiger partial charge in [-0.15, -0.1) is 0 Å². The van der Waals surface area contributed by atoms with Crippen molar-refractivity contribution in [3.8, 4) is 0 Å². The molecule has 0 aliphatic carbocycles. The molecule has 2 aliphatic rings. The molecule has 2 aliphatic heterocycles. The van der Waals surface area contributed by atoms with Gasteiger partial charge in [0.05, 0.1) is 37.1 Å². The number of hydrazine groups is 1. The molecule has 27 heavy (non-hydrogen) atoms. The maximum Gasteiger partial charge on any atom is 0.223 e. The molecule has 0 bridgehead atoms. The van der Waals surface area contributed by atoms with Crippen molar-refractivity contribution < 1.29 is 4.79 Å². The average molecular weight is 390 g/mol. The molecule has 8 nitrogen and oxygen atoms in total. The molecule has 0 aromatic carbocycles. The zero-order valence-corrected chi connectivity index (χ0v) is 15.8. The van der Waals surface area contributed by atoms with E-state index in [-0.39, 0.29) is 6.42 Å². The minimum atomic E-state index is -0.726. The minimum absolute atomic E-state index is 0.115. The molecule has 4 heterocycles. The standard InChI is InChI=1S/C18H24ClN7O/c19-18(26-9-5-14(23-26)10-17(20)27)12-24(15-3-7-21-8-4-15)25(13-18)16-2-1-6-22-11-16/h1-2,5-6,9,11,15,21H,3-4,7-8,10,12-13H2,(H2,20,27).